The second kappa shape index (κ2) is 10.4. The summed E-state index contributed by atoms with van der Waals surface area (Å²) in [5.41, 5.74) is -0.328. The molecule has 0 bridgehead atoms. The zero-order valence-corrected chi connectivity index (χ0v) is 19.4. The molecule has 2 aliphatic heterocycles. The summed E-state index contributed by atoms with van der Waals surface area (Å²) in [6, 6.07) is 0. The maximum atomic E-state index is 13.8. The van der Waals surface area contributed by atoms with Gasteiger partial charge in [0.2, 0.25) is 0 Å². The highest BCUT2D eigenvalue weighted by atomic mass is 19.1. The van der Waals surface area contributed by atoms with Crippen LogP contribution in [0.3, 0.4) is 0 Å². The van der Waals surface area contributed by atoms with Gasteiger partial charge < -0.3 is 14.4 Å². The first kappa shape index (κ1) is 25.1. The number of halogens is 1. The predicted octanol–water partition coefficient (Wildman–Crippen LogP) is 3.99. The van der Waals surface area contributed by atoms with E-state index in [2.05, 4.69) is 33.9 Å². The van der Waals surface area contributed by atoms with Gasteiger partial charge in [0.25, 0.3) is 0 Å². The van der Waals surface area contributed by atoms with E-state index in [9.17, 15) is 14.0 Å². The molecule has 0 aliphatic carbocycles. The Hall–Kier alpha value is -2.15. The molecule has 1 amide bonds. The minimum Gasteiger partial charge on any atom is -0.469 e. The van der Waals surface area contributed by atoms with Crippen molar-refractivity contribution in [3.63, 3.8) is 0 Å². The van der Waals surface area contributed by atoms with Crippen LogP contribution >= 0.6 is 0 Å². The number of esters is 1. The van der Waals surface area contributed by atoms with Crippen molar-refractivity contribution in [2.45, 2.75) is 39.8 Å². The Morgan fingerprint density at radius 3 is 2.48 bits per heavy atom. The van der Waals surface area contributed by atoms with Gasteiger partial charge in [0.15, 0.2) is 0 Å². The molecule has 0 saturated carbocycles. The van der Waals surface area contributed by atoms with Crippen molar-refractivity contribution in [3.8, 4) is 0 Å². The Kier molecular flexibility index (Phi) is 8.46. The van der Waals surface area contributed by atoms with E-state index in [1.165, 1.54) is 7.11 Å². The number of piperidine rings is 1. The summed E-state index contributed by atoms with van der Waals surface area (Å²) < 4.78 is 24.5. The third-order valence-corrected chi connectivity index (χ3v) is 6.37. The lowest BCUT2D eigenvalue weighted by Crippen LogP contribution is -2.59. The lowest BCUT2D eigenvalue weighted by molar-refractivity contribution is -0.160. The quantitative estimate of drug-likeness (QED) is 0.446. The number of carbonyl (C=O) groups is 2. The van der Waals surface area contributed by atoms with Crippen molar-refractivity contribution in [2.75, 3.05) is 46.4 Å². The average molecular weight is 437 g/mol. The number of rotatable bonds is 7. The lowest BCUT2D eigenvalue weighted by Gasteiger charge is -2.48. The van der Waals surface area contributed by atoms with Crippen LogP contribution in [-0.4, -0.2) is 74.5 Å². The summed E-state index contributed by atoms with van der Waals surface area (Å²) in [5.74, 6) is -0.306. The fraction of sp³-hybridized carbons (Fsp3) is 0.667. The van der Waals surface area contributed by atoms with Gasteiger partial charge in [0, 0.05) is 32.7 Å². The van der Waals surface area contributed by atoms with Crippen molar-refractivity contribution in [1.29, 1.82) is 0 Å². The summed E-state index contributed by atoms with van der Waals surface area (Å²) in [5, 5.41) is 0. The largest absolute Gasteiger partial charge is 0.469 e. The van der Waals surface area contributed by atoms with E-state index in [4.69, 9.17) is 9.47 Å². The maximum Gasteiger partial charge on any atom is 0.410 e. The highest BCUT2D eigenvalue weighted by molar-refractivity contribution is 5.79. The highest BCUT2D eigenvalue weighted by Crippen LogP contribution is 2.43. The van der Waals surface area contributed by atoms with Crippen molar-refractivity contribution < 1.29 is 23.5 Å². The van der Waals surface area contributed by atoms with Gasteiger partial charge in [-0.2, -0.15) is 0 Å². The number of hydrogen-bond donors (Lipinski definition) is 0. The van der Waals surface area contributed by atoms with Crippen LogP contribution in [0, 0.1) is 16.7 Å². The molecule has 0 aromatic carbocycles. The maximum absolute atomic E-state index is 13.8. The molecule has 31 heavy (non-hydrogen) atoms. The Morgan fingerprint density at radius 1 is 1.26 bits per heavy atom. The van der Waals surface area contributed by atoms with E-state index in [1.54, 1.807) is 23.1 Å². The molecule has 2 rings (SSSR count). The monoisotopic (exact) mass is 436 g/mol. The minimum atomic E-state index is -0.924. The van der Waals surface area contributed by atoms with Crippen LogP contribution in [0.4, 0.5) is 9.18 Å². The predicted molar refractivity (Wildman–Crippen MR) is 119 cm³/mol. The van der Waals surface area contributed by atoms with Crippen molar-refractivity contribution in [1.82, 2.24) is 9.80 Å². The molecule has 2 heterocycles. The van der Waals surface area contributed by atoms with Crippen molar-refractivity contribution in [2.24, 2.45) is 16.7 Å². The van der Waals surface area contributed by atoms with E-state index in [-0.39, 0.29) is 30.5 Å². The SMILES string of the molecule is C=C/C=C(\C=C)COC(=O)N1C[C@H](C(C)(C)C)C[C@@](CN2CC[C@@H](F)C2)(C(=O)OC)C1. The molecular weight excluding hydrogens is 399 g/mol. The number of allylic oxidation sites excluding steroid dienone is 2. The molecular formula is C24H37FN2O4. The second-order valence-corrected chi connectivity index (χ2v) is 9.78. The number of carbonyl (C=O) groups excluding carboxylic acids is 2. The first-order valence-corrected chi connectivity index (χ1v) is 10.8. The Balaban J connectivity index is 2.28. The average Bonchev–Trinajstić information content (AvgIpc) is 3.13. The second-order valence-electron chi connectivity index (χ2n) is 9.78. The molecule has 174 valence electrons. The Morgan fingerprint density at radius 2 is 1.97 bits per heavy atom. The molecule has 2 fully saturated rings. The number of alkyl halides is 1. The Bertz CT molecular complexity index is 715. The molecule has 0 aromatic heterocycles. The van der Waals surface area contributed by atoms with Gasteiger partial charge in [-0.15, -0.1) is 0 Å². The molecule has 3 atom stereocenters. The fourth-order valence-corrected chi connectivity index (χ4v) is 4.48. The summed E-state index contributed by atoms with van der Waals surface area (Å²) in [6.45, 7) is 15.7. The van der Waals surface area contributed by atoms with Crippen LogP contribution in [0.1, 0.15) is 33.6 Å². The Labute approximate surface area is 185 Å². The summed E-state index contributed by atoms with van der Waals surface area (Å²) in [4.78, 5) is 29.6. The van der Waals surface area contributed by atoms with Gasteiger partial charge in [-0.3, -0.25) is 9.69 Å². The van der Waals surface area contributed by atoms with Gasteiger partial charge >= 0.3 is 12.1 Å². The number of amides is 1. The molecule has 0 spiro atoms. The first-order valence-electron chi connectivity index (χ1n) is 10.8. The van der Waals surface area contributed by atoms with E-state index in [1.807, 2.05) is 4.90 Å². The standard InChI is InChI=1S/C24H37FN2O4/c1-7-9-18(8-2)15-31-22(29)27-13-19(23(3,4)5)12-24(17-27,21(28)30-6)16-26-11-10-20(25)14-26/h7-9,19-20H,1-2,10-17H2,3-6H3/b18-9+/t19-,20-,24+/m1/s1. The molecule has 0 radical (unpaired) electrons. The number of likely N-dealkylation sites (tertiary alicyclic amines) is 2. The van der Waals surface area contributed by atoms with E-state index in [0.717, 1.165) is 5.57 Å². The summed E-state index contributed by atoms with van der Waals surface area (Å²) in [7, 11) is 1.37. The summed E-state index contributed by atoms with van der Waals surface area (Å²) >= 11 is 0. The number of hydrogen-bond acceptors (Lipinski definition) is 5. The number of nitrogens with zero attached hydrogens (tertiary/aromatic N) is 2. The molecule has 0 unspecified atom stereocenters. The van der Waals surface area contributed by atoms with Crippen LogP contribution in [0.2, 0.25) is 0 Å². The fourth-order valence-electron chi connectivity index (χ4n) is 4.48. The summed E-state index contributed by atoms with van der Waals surface area (Å²) in [6.07, 6.45) is 4.63. The number of methoxy groups -OCH3 is 1. The van der Waals surface area contributed by atoms with Crippen molar-refractivity contribution >= 4 is 12.1 Å². The van der Waals surface area contributed by atoms with Crippen LogP contribution in [0.5, 0.6) is 0 Å². The zero-order chi connectivity index (χ0) is 23.2. The number of ether oxygens (including phenoxy) is 2. The smallest absolute Gasteiger partial charge is 0.410 e. The highest BCUT2D eigenvalue weighted by Gasteiger charge is 2.51. The molecule has 0 N–H and O–H groups in total. The van der Waals surface area contributed by atoms with Crippen LogP contribution in [-0.2, 0) is 14.3 Å². The zero-order valence-electron chi connectivity index (χ0n) is 19.4. The third kappa shape index (κ3) is 6.42. The molecule has 0 aromatic rings. The van der Waals surface area contributed by atoms with Crippen LogP contribution in [0.15, 0.2) is 37.0 Å². The minimum absolute atomic E-state index is 0.0549. The van der Waals surface area contributed by atoms with Crippen LogP contribution in [0.25, 0.3) is 0 Å². The van der Waals surface area contributed by atoms with E-state index >= 15 is 0 Å². The van der Waals surface area contributed by atoms with Gasteiger partial charge in [-0.1, -0.05) is 52.2 Å². The molecule has 7 heteroatoms. The van der Waals surface area contributed by atoms with Crippen LogP contribution < -0.4 is 0 Å². The van der Waals surface area contributed by atoms with E-state index < -0.39 is 17.7 Å². The third-order valence-electron chi connectivity index (χ3n) is 6.37. The molecule has 2 aliphatic rings. The van der Waals surface area contributed by atoms with Gasteiger partial charge in [0.05, 0.1) is 12.5 Å². The van der Waals surface area contributed by atoms with Gasteiger partial charge in [-0.05, 0) is 29.7 Å². The van der Waals surface area contributed by atoms with Crippen molar-refractivity contribution in [3.05, 3.63) is 37.0 Å². The normalized spacial score (nSPS) is 27.6. The van der Waals surface area contributed by atoms with Gasteiger partial charge in [0.1, 0.15) is 12.8 Å². The first-order chi connectivity index (χ1) is 14.5. The lowest BCUT2D eigenvalue weighted by atomic mass is 9.66. The van der Waals surface area contributed by atoms with Gasteiger partial charge in [-0.25, -0.2) is 9.18 Å². The molecule has 6 nitrogen and oxygen atoms in total. The van der Waals surface area contributed by atoms with E-state index in [0.29, 0.717) is 39.0 Å². The topological polar surface area (TPSA) is 59.1 Å². The molecule has 2 saturated heterocycles.